The molecule has 1 amide bonds. The molecule has 0 saturated carbocycles. The molecule has 2 N–H and O–H groups in total. The van der Waals surface area contributed by atoms with Gasteiger partial charge in [0.25, 0.3) is 5.91 Å². The van der Waals surface area contributed by atoms with Gasteiger partial charge < -0.3 is 19.6 Å². The van der Waals surface area contributed by atoms with E-state index in [4.69, 9.17) is 4.74 Å². The average Bonchev–Trinajstić information content (AvgIpc) is 3.16. The first-order valence-corrected chi connectivity index (χ1v) is 7.99. The van der Waals surface area contributed by atoms with Gasteiger partial charge in [-0.3, -0.25) is 4.79 Å². The number of imidazole rings is 1. The molecule has 0 radical (unpaired) electrons. The standard InChI is InChI=1S/C19H18N4O2/c1-23-16-6-4-3-5-12(16)9-17(23)19(24)20-13-7-8-14-15(10-13)22-18(21-14)11-25-2/h3-10H,11H2,1-2H3,(H,20,24)(H,21,22). The van der Waals surface area contributed by atoms with Crippen LogP contribution in [-0.4, -0.2) is 27.6 Å². The smallest absolute Gasteiger partial charge is 0.272 e. The Morgan fingerprint density at radius 2 is 2.08 bits per heavy atom. The van der Waals surface area contributed by atoms with Crippen molar-refractivity contribution in [2.24, 2.45) is 7.05 Å². The number of aromatic amines is 1. The Morgan fingerprint density at radius 1 is 1.24 bits per heavy atom. The largest absolute Gasteiger partial charge is 0.377 e. The predicted molar refractivity (Wildman–Crippen MR) is 97.7 cm³/mol. The van der Waals surface area contributed by atoms with Crippen molar-refractivity contribution in [3.8, 4) is 0 Å². The van der Waals surface area contributed by atoms with Crippen LogP contribution in [0.4, 0.5) is 5.69 Å². The monoisotopic (exact) mass is 334 g/mol. The maximum absolute atomic E-state index is 12.7. The number of H-pyrrole nitrogens is 1. The maximum atomic E-state index is 12.7. The number of carbonyl (C=O) groups is 1. The number of aryl methyl sites for hydroxylation is 1. The van der Waals surface area contributed by atoms with Gasteiger partial charge >= 0.3 is 0 Å². The van der Waals surface area contributed by atoms with Gasteiger partial charge in [-0.25, -0.2) is 4.98 Å². The van der Waals surface area contributed by atoms with Gasteiger partial charge in [-0.2, -0.15) is 0 Å². The fraction of sp³-hybridized carbons (Fsp3) is 0.158. The molecule has 6 nitrogen and oxygen atoms in total. The molecule has 2 heterocycles. The van der Waals surface area contributed by atoms with E-state index in [0.717, 1.165) is 33.4 Å². The summed E-state index contributed by atoms with van der Waals surface area (Å²) in [6.45, 7) is 0.423. The number of carbonyl (C=O) groups excluding carboxylic acids is 1. The zero-order valence-corrected chi connectivity index (χ0v) is 14.0. The van der Waals surface area contributed by atoms with E-state index >= 15 is 0 Å². The van der Waals surface area contributed by atoms with Crippen LogP contribution in [0.15, 0.2) is 48.5 Å². The lowest BCUT2D eigenvalue weighted by molar-refractivity contribution is 0.102. The number of rotatable bonds is 4. The van der Waals surface area contributed by atoms with E-state index in [0.29, 0.717) is 12.3 Å². The Morgan fingerprint density at radius 3 is 2.88 bits per heavy atom. The van der Waals surface area contributed by atoms with Crippen LogP contribution >= 0.6 is 0 Å². The quantitative estimate of drug-likeness (QED) is 0.600. The summed E-state index contributed by atoms with van der Waals surface area (Å²) in [4.78, 5) is 20.3. The third-order valence-corrected chi connectivity index (χ3v) is 4.25. The van der Waals surface area contributed by atoms with Gasteiger partial charge in [-0.05, 0) is 30.3 Å². The van der Waals surface area contributed by atoms with Gasteiger partial charge in [0.15, 0.2) is 0 Å². The number of methoxy groups -OCH3 is 1. The molecule has 2 aromatic heterocycles. The molecular weight excluding hydrogens is 316 g/mol. The molecule has 0 bridgehead atoms. The lowest BCUT2D eigenvalue weighted by Crippen LogP contribution is -2.15. The highest BCUT2D eigenvalue weighted by Gasteiger charge is 2.14. The summed E-state index contributed by atoms with van der Waals surface area (Å²) in [5.41, 5.74) is 4.07. The number of hydrogen-bond donors (Lipinski definition) is 2. The van der Waals surface area contributed by atoms with E-state index in [1.54, 1.807) is 7.11 Å². The molecule has 0 saturated heterocycles. The van der Waals surface area contributed by atoms with Crippen LogP contribution < -0.4 is 5.32 Å². The minimum absolute atomic E-state index is 0.144. The molecule has 25 heavy (non-hydrogen) atoms. The zero-order valence-electron chi connectivity index (χ0n) is 14.0. The minimum Gasteiger partial charge on any atom is -0.377 e. The Kier molecular flexibility index (Phi) is 3.74. The SMILES string of the molecule is COCc1nc2ccc(NC(=O)c3cc4ccccc4n3C)cc2[nH]1. The van der Waals surface area contributed by atoms with Crippen molar-refractivity contribution >= 4 is 33.5 Å². The van der Waals surface area contributed by atoms with Crippen LogP contribution in [0.25, 0.3) is 21.9 Å². The van der Waals surface area contributed by atoms with E-state index in [1.807, 2.05) is 60.1 Å². The van der Waals surface area contributed by atoms with Crippen LogP contribution in [0, 0.1) is 0 Å². The Balaban J connectivity index is 1.63. The van der Waals surface area contributed by atoms with E-state index in [9.17, 15) is 4.79 Å². The number of ether oxygens (including phenoxy) is 1. The molecule has 2 aromatic carbocycles. The van der Waals surface area contributed by atoms with Gasteiger partial charge in [-0.1, -0.05) is 18.2 Å². The Labute approximate surface area is 144 Å². The molecule has 0 spiro atoms. The van der Waals surface area contributed by atoms with Crippen molar-refractivity contribution in [2.45, 2.75) is 6.61 Å². The van der Waals surface area contributed by atoms with E-state index in [1.165, 1.54) is 0 Å². The van der Waals surface area contributed by atoms with Crippen molar-refractivity contribution in [1.82, 2.24) is 14.5 Å². The summed E-state index contributed by atoms with van der Waals surface area (Å²) in [5.74, 6) is 0.615. The number of amides is 1. The number of nitrogens with zero attached hydrogens (tertiary/aromatic N) is 2. The first-order chi connectivity index (χ1) is 12.2. The molecule has 0 unspecified atom stereocenters. The van der Waals surface area contributed by atoms with Crippen LogP contribution in [-0.2, 0) is 18.4 Å². The van der Waals surface area contributed by atoms with Crippen molar-refractivity contribution < 1.29 is 9.53 Å². The predicted octanol–water partition coefficient (Wildman–Crippen LogP) is 3.45. The average molecular weight is 334 g/mol. The Hall–Kier alpha value is -3.12. The maximum Gasteiger partial charge on any atom is 0.272 e. The minimum atomic E-state index is -0.144. The van der Waals surface area contributed by atoms with E-state index < -0.39 is 0 Å². The van der Waals surface area contributed by atoms with Crippen LogP contribution in [0.5, 0.6) is 0 Å². The van der Waals surface area contributed by atoms with Crippen LogP contribution in [0.1, 0.15) is 16.3 Å². The molecule has 6 heteroatoms. The number of para-hydroxylation sites is 1. The highest BCUT2D eigenvalue weighted by atomic mass is 16.5. The van der Waals surface area contributed by atoms with E-state index in [-0.39, 0.29) is 5.91 Å². The van der Waals surface area contributed by atoms with E-state index in [2.05, 4.69) is 15.3 Å². The van der Waals surface area contributed by atoms with Crippen LogP contribution in [0.3, 0.4) is 0 Å². The molecule has 4 aromatic rings. The second-order valence-electron chi connectivity index (χ2n) is 5.95. The van der Waals surface area contributed by atoms with Crippen molar-refractivity contribution in [3.63, 3.8) is 0 Å². The number of aromatic nitrogens is 3. The molecule has 0 atom stereocenters. The molecule has 4 rings (SSSR count). The normalized spacial score (nSPS) is 11.3. The van der Waals surface area contributed by atoms with Gasteiger partial charge in [-0.15, -0.1) is 0 Å². The molecule has 0 aliphatic carbocycles. The highest BCUT2D eigenvalue weighted by molar-refractivity contribution is 6.06. The summed E-state index contributed by atoms with van der Waals surface area (Å²) < 4.78 is 6.98. The zero-order chi connectivity index (χ0) is 17.4. The third kappa shape index (κ3) is 2.77. The number of benzene rings is 2. The molecular formula is C19H18N4O2. The number of hydrogen-bond acceptors (Lipinski definition) is 3. The van der Waals surface area contributed by atoms with Gasteiger partial charge in [0.2, 0.25) is 0 Å². The second-order valence-corrected chi connectivity index (χ2v) is 5.95. The first kappa shape index (κ1) is 15.4. The third-order valence-electron chi connectivity index (χ3n) is 4.25. The summed E-state index contributed by atoms with van der Waals surface area (Å²) in [6, 6.07) is 15.4. The van der Waals surface area contributed by atoms with Crippen molar-refractivity contribution in [2.75, 3.05) is 12.4 Å². The van der Waals surface area contributed by atoms with Gasteiger partial charge in [0.05, 0.1) is 11.0 Å². The number of nitrogens with one attached hydrogen (secondary N) is 2. The summed E-state index contributed by atoms with van der Waals surface area (Å²) in [5, 5.41) is 4.00. The fourth-order valence-corrected chi connectivity index (χ4v) is 3.05. The topological polar surface area (TPSA) is 71.9 Å². The molecule has 0 fully saturated rings. The number of fused-ring (bicyclic) bond motifs is 2. The summed E-state index contributed by atoms with van der Waals surface area (Å²) in [7, 11) is 3.52. The molecule has 0 aliphatic heterocycles. The second kappa shape index (κ2) is 6.07. The molecule has 0 aliphatic rings. The van der Waals surface area contributed by atoms with Crippen molar-refractivity contribution in [3.05, 3.63) is 60.0 Å². The van der Waals surface area contributed by atoms with Crippen molar-refractivity contribution in [1.29, 1.82) is 0 Å². The highest BCUT2D eigenvalue weighted by Crippen LogP contribution is 2.21. The van der Waals surface area contributed by atoms with Gasteiger partial charge in [0.1, 0.15) is 18.1 Å². The summed E-state index contributed by atoms with van der Waals surface area (Å²) in [6.07, 6.45) is 0. The lowest BCUT2D eigenvalue weighted by atomic mass is 10.2. The fourth-order valence-electron chi connectivity index (χ4n) is 3.05. The van der Waals surface area contributed by atoms with Crippen LogP contribution in [0.2, 0.25) is 0 Å². The van der Waals surface area contributed by atoms with Gasteiger partial charge in [0, 0.05) is 30.7 Å². The molecule has 126 valence electrons. The lowest BCUT2D eigenvalue weighted by Gasteiger charge is -2.06. The first-order valence-electron chi connectivity index (χ1n) is 7.99. The number of anilines is 1. The summed E-state index contributed by atoms with van der Waals surface area (Å²) >= 11 is 0. The Bertz CT molecular complexity index is 1080.